The maximum atomic E-state index is 12.7. The fourth-order valence-electron chi connectivity index (χ4n) is 3.41. The molecule has 0 spiro atoms. The summed E-state index contributed by atoms with van der Waals surface area (Å²) in [6.07, 6.45) is 1.25. The smallest absolute Gasteiger partial charge is 0.410 e. The Hall–Kier alpha value is -3.62. The average Bonchev–Trinajstić information content (AvgIpc) is 3.16. The van der Waals surface area contributed by atoms with Crippen molar-refractivity contribution in [2.24, 2.45) is 0 Å². The summed E-state index contributed by atoms with van der Waals surface area (Å²) in [7, 11) is 3.86. The molecule has 3 aromatic rings. The van der Waals surface area contributed by atoms with E-state index in [0.29, 0.717) is 35.8 Å². The molecule has 168 valence electrons. The van der Waals surface area contributed by atoms with Crippen molar-refractivity contribution in [1.29, 1.82) is 0 Å². The number of piperazine rings is 1. The summed E-state index contributed by atoms with van der Waals surface area (Å²) in [6.45, 7) is 6.16. The fraction of sp³-hybridized carbons (Fsp3) is 0.391. The summed E-state index contributed by atoms with van der Waals surface area (Å²) >= 11 is 0. The lowest BCUT2D eigenvalue weighted by Crippen LogP contribution is -2.53. The summed E-state index contributed by atoms with van der Waals surface area (Å²) in [5, 5.41) is 0. The second kappa shape index (κ2) is 8.14. The molecule has 0 N–H and O–H groups in total. The number of ether oxygens (including phenoxy) is 1. The molecule has 0 radical (unpaired) electrons. The number of benzene rings is 1. The van der Waals surface area contributed by atoms with E-state index < -0.39 is 11.7 Å². The highest BCUT2D eigenvalue weighted by atomic mass is 16.6. The largest absolute Gasteiger partial charge is 0.444 e. The van der Waals surface area contributed by atoms with E-state index >= 15 is 0 Å². The minimum Gasteiger partial charge on any atom is -0.444 e. The lowest BCUT2D eigenvalue weighted by Gasteiger charge is -2.35. The number of rotatable bonds is 3. The maximum absolute atomic E-state index is 12.7. The van der Waals surface area contributed by atoms with Gasteiger partial charge >= 0.3 is 6.09 Å². The van der Waals surface area contributed by atoms with Gasteiger partial charge in [-0.1, -0.05) is 0 Å². The van der Waals surface area contributed by atoms with E-state index in [1.165, 1.54) is 4.90 Å². The molecule has 9 nitrogen and oxygen atoms in total. The first-order valence-electron chi connectivity index (χ1n) is 10.4. The van der Waals surface area contributed by atoms with Gasteiger partial charge in [-0.15, -0.1) is 0 Å². The van der Waals surface area contributed by atoms with Crippen LogP contribution in [0.3, 0.4) is 0 Å². The molecule has 2 aromatic heterocycles. The Morgan fingerprint density at radius 2 is 1.94 bits per heavy atom. The van der Waals surface area contributed by atoms with Gasteiger partial charge in [0.2, 0.25) is 11.8 Å². The van der Waals surface area contributed by atoms with Crippen molar-refractivity contribution in [2.45, 2.75) is 26.4 Å². The summed E-state index contributed by atoms with van der Waals surface area (Å²) < 4.78 is 11.3. The van der Waals surface area contributed by atoms with Gasteiger partial charge in [0.1, 0.15) is 23.5 Å². The van der Waals surface area contributed by atoms with E-state index in [1.54, 1.807) is 37.9 Å². The van der Waals surface area contributed by atoms with E-state index in [1.807, 2.05) is 43.3 Å². The molecule has 1 saturated heterocycles. The Kier molecular flexibility index (Phi) is 5.50. The molecule has 0 bridgehead atoms. The van der Waals surface area contributed by atoms with E-state index in [9.17, 15) is 9.59 Å². The Morgan fingerprint density at radius 1 is 1.16 bits per heavy atom. The van der Waals surface area contributed by atoms with Gasteiger partial charge in [0.05, 0.1) is 5.56 Å². The van der Waals surface area contributed by atoms with Crippen molar-refractivity contribution in [3.8, 4) is 11.5 Å². The normalized spacial score (nSPS) is 14.7. The van der Waals surface area contributed by atoms with E-state index in [4.69, 9.17) is 9.15 Å². The van der Waals surface area contributed by atoms with Crippen LogP contribution in [-0.4, -0.2) is 66.2 Å². The van der Waals surface area contributed by atoms with Crippen LogP contribution in [-0.2, 0) is 9.53 Å². The van der Waals surface area contributed by atoms with Gasteiger partial charge in [0.25, 0.3) is 0 Å². The third-order valence-electron chi connectivity index (χ3n) is 5.01. The molecule has 0 atom stereocenters. The number of amides is 2. The van der Waals surface area contributed by atoms with Crippen LogP contribution in [0.5, 0.6) is 0 Å². The number of fused-ring (bicyclic) bond motifs is 1. The Bertz CT molecular complexity index is 1150. The number of anilines is 2. The molecule has 0 aliphatic carbocycles. The third-order valence-corrected chi connectivity index (χ3v) is 5.01. The molecule has 1 aromatic carbocycles. The molecule has 4 rings (SSSR count). The number of carbonyl (C=O) groups excluding carboxylic acids is 2. The van der Waals surface area contributed by atoms with Crippen LogP contribution in [0.15, 0.2) is 40.9 Å². The van der Waals surface area contributed by atoms with Crippen molar-refractivity contribution >= 4 is 34.6 Å². The zero-order chi connectivity index (χ0) is 23.0. The summed E-state index contributed by atoms with van der Waals surface area (Å²) in [4.78, 5) is 39.0. The second-order valence-corrected chi connectivity index (χ2v) is 8.92. The van der Waals surface area contributed by atoms with Gasteiger partial charge in [-0.25, -0.2) is 14.8 Å². The van der Waals surface area contributed by atoms with Gasteiger partial charge in [0.15, 0.2) is 5.58 Å². The highest BCUT2D eigenvalue weighted by molar-refractivity contribution is 5.98. The number of pyridine rings is 1. The Morgan fingerprint density at radius 3 is 2.56 bits per heavy atom. The van der Waals surface area contributed by atoms with Crippen LogP contribution in [0.1, 0.15) is 20.8 Å². The predicted octanol–water partition coefficient (Wildman–Crippen LogP) is 3.54. The first-order chi connectivity index (χ1) is 15.1. The zero-order valence-electron chi connectivity index (χ0n) is 19.0. The molecule has 0 unspecified atom stereocenters. The van der Waals surface area contributed by atoms with Crippen molar-refractivity contribution in [3.05, 3.63) is 36.5 Å². The van der Waals surface area contributed by atoms with Crippen molar-refractivity contribution < 1.29 is 18.7 Å². The molecule has 32 heavy (non-hydrogen) atoms. The van der Waals surface area contributed by atoms with Gasteiger partial charge in [0, 0.05) is 39.1 Å². The molecule has 1 fully saturated rings. The van der Waals surface area contributed by atoms with Crippen molar-refractivity contribution in [1.82, 2.24) is 14.9 Å². The summed E-state index contributed by atoms with van der Waals surface area (Å²) in [5.41, 5.74) is 2.16. The number of hydrogen-bond acceptors (Lipinski definition) is 7. The highest BCUT2D eigenvalue weighted by Gasteiger charge is 2.31. The first kappa shape index (κ1) is 21.6. The SMILES string of the molecule is CN(C)c1ccc(-c2nc3cc(N4CCN(C(=O)OC(C)(C)C)CC4=O)ccc3o2)cn1. The maximum Gasteiger partial charge on any atom is 0.410 e. The summed E-state index contributed by atoms with van der Waals surface area (Å²) in [6, 6.07) is 9.26. The van der Waals surface area contributed by atoms with E-state index in [2.05, 4.69) is 9.97 Å². The number of carbonyl (C=O) groups is 2. The van der Waals surface area contributed by atoms with Crippen LogP contribution in [0.4, 0.5) is 16.3 Å². The minimum absolute atomic E-state index is 0.0269. The van der Waals surface area contributed by atoms with E-state index in [0.717, 1.165) is 11.4 Å². The van der Waals surface area contributed by atoms with Crippen LogP contribution < -0.4 is 9.80 Å². The second-order valence-electron chi connectivity index (χ2n) is 8.92. The fourth-order valence-corrected chi connectivity index (χ4v) is 3.41. The summed E-state index contributed by atoms with van der Waals surface area (Å²) in [5.74, 6) is 1.14. The first-order valence-corrected chi connectivity index (χ1v) is 10.4. The lowest BCUT2D eigenvalue weighted by atomic mass is 10.2. The third kappa shape index (κ3) is 4.51. The standard InChI is InChI=1S/C23H27N5O4/c1-23(2,3)32-22(30)27-10-11-28(20(29)14-27)16-7-8-18-17(12-16)25-21(31-18)15-6-9-19(24-13-15)26(4)5/h6-9,12-13H,10-11,14H2,1-5H3. The van der Waals surface area contributed by atoms with Crippen LogP contribution in [0, 0.1) is 0 Å². The molecule has 9 heteroatoms. The van der Waals surface area contributed by atoms with Gasteiger partial charge < -0.3 is 19.0 Å². The number of aromatic nitrogens is 2. The number of nitrogens with zero attached hydrogens (tertiary/aromatic N) is 5. The predicted molar refractivity (Wildman–Crippen MR) is 122 cm³/mol. The molecule has 1 aliphatic rings. The van der Waals surface area contributed by atoms with Gasteiger partial charge in [-0.3, -0.25) is 9.69 Å². The molecular weight excluding hydrogens is 410 g/mol. The quantitative estimate of drug-likeness (QED) is 0.619. The van der Waals surface area contributed by atoms with Crippen LogP contribution in [0.2, 0.25) is 0 Å². The van der Waals surface area contributed by atoms with Crippen LogP contribution in [0.25, 0.3) is 22.6 Å². The number of hydrogen-bond donors (Lipinski definition) is 0. The molecule has 3 heterocycles. The van der Waals surface area contributed by atoms with Gasteiger partial charge in [-0.05, 0) is 51.1 Å². The van der Waals surface area contributed by atoms with Crippen LogP contribution >= 0.6 is 0 Å². The Labute approximate surface area is 186 Å². The molecular formula is C23H27N5O4. The van der Waals surface area contributed by atoms with Crippen molar-refractivity contribution in [2.75, 3.05) is 43.5 Å². The lowest BCUT2D eigenvalue weighted by molar-refractivity contribution is -0.121. The van der Waals surface area contributed by atoms with Crippen molar-refractivity contribution in [3.63, 3.8) is 0 Å². The minimum atomic E-state index is -0.602. The monoisotopic (exact) mass is 437 g/mol. The highest BCUT2D eigenvalue weighted by Crippen LogP contribution is 2.28. The molecule has 0 saturated carbocycles. The average molecular weight is 438 g/mol. The topological polar surface area (TPSA) is 92.0 Å². The van der Waals surface area contributed by atoms with E-state index in [-0.39, 0.29) is 12.5 Å². The Balaban J connectivity index is 1.51. The number of oxazole rings is 1. The zero-order valence-corrected chi connectivity index (χ0v) is 19.0. The molecule has 2 amide bonds. The van der Waals surface area contributed by atoms with Gasteiger partial charge in [-0.2, -0.15) is 0 Å². The molecule has 1 aliphatic heterocycles.